The minimum atomic E-state index is 0.698. The molecule has 0 aliphatic heterocycles. The Balaban J connectivity index is 2.35. The van der Waals surface area contributed by atoms with Crippen LogP contribution >= 0.6 is 11.3 Å². The van der Waals surface area contributed by atoms with Crippen molar-refractivity contribution in [3.63, 3.8) is 0 Å². The van der Waals surface area contributed by atoms with Crippen molar-refractivity contribution in [2.75, 3.05) is 0 Å². The topological polar surface area (TPSA) is 26.0 Å². The van der Waals surface area contributed by atoms with Crippen molar-refractivity contribution in [2.24, 2.45) is 5.73 Å². The predicted octanol–water partition coefficient (Wildman–Crippen LogP) is 3.85. The Morgan fingerprint density at radius 3 is 2.69 bits per heavy atom. The van der Waals surface area contributed by atoms with Crippen LogP contribution in [0.1, 0.15) is 40.3 Å². The first-order valence-corrected chi connectivity index (χ1v) is 6.75. The number of aryl methyl sites for hydroxylation is 2. The molecule has 2 N–H and O–H groups in total. The standard InChI is InChI=1S/C14H17NS/c1-8-5-9(2)14-11(6-8)13(10-3-4-10)12(7-15)16-14/h5-6,10H,3-4,7,15H2,1-2H3. The summed E-state index contributed by atoms with van der Waals surface area (Å²) in [4.78, 5) is 1.41. The summed E-state index contributed by atoms with van der Waals surface area (Å²) in [6.45, 7) is 5.09. The Morgan fingerprint density at radius 1 is 1.31 bits per heavy atom. The third-order valence-corrected chi connectivity index (χ3v) is 4.78. The zero-order valence-corrected chi connectivity index (χ0v) is 10.7. The highest BCUT2D eigenvalue weighted by Crippen LogP contribution is 2.48. The average Bonchev–Trinajstić information content (AvgIpc) is 3.00. The third kappa shape index (κ3) is 1.48. The fourth-order valence-corrected chi connectivity index (χ4v) is 3.80. The van der Waals surface area contributed by atoms with Gasteiger partial charge in [-0.25, -0.2) is 0 Å². The maximum absolute atomic E-state index is 5.88. The van der Waals surface area contributed by atoms with E-state index in [-0.39, 0.29) is 0 Å². The lowest BCUT2D eigenvalue weighted by molar-refractivity contribution is 1.04. The van der Waals surface area contributed by atoms with Crippen LogP contribution in [0.25, 0.3) is 10.1 Å². The van der Waals surface area contributed by atoms with Gasteiger partial charge in [-0.1, -0.05) is 17.7 Å². The SMILES string of the molecule is Cc1cc(C)c2sc(CN)c(C3CC3)c2c1. The normalized spacial score (nSPS) is 15.9. The quantitative estimate of drug-likeness (QED) is 0.834. The van der Waals surface area contributed by atoms with Crippen molar-refractivity contribution < 1.29 is 0 Å². The zero-order chi connectivity index (χ0) is 11.3. The lowest BCUT2D eigenvalue weighted by atomic mass is 10.0. The highest BCUT2D eigenvalue weighted by molar-refractivity contribution is 7.19. The summed E-state index contributed by atoms with van der Waals surface area (Å²) in [6.07, 6.45) is 2.71. The van der Waals surface area contributed by atoms with E-state index in [4.69, 9.17) is 5.73 Å². The molecule has 2 aromatic rings. The average molecular weight is 231 g/mol. The lowest BCUT2D eigenvalue weighted by Crippen LogP contribution is -1.96. The fourth-order valence-electron chi connectivity index (χ4n) is 2.59. The van der Waals surface area contributed by atoms with Gasteiger partial charge in [0.25, 0.3) is 0 Å². The number of hydrogen-bond donors (Lipinski definition) is 1. The van der Waals surface area contributed by atoms with E-state index in [0.717, 1.165) is 5.92 Å². The summed E-state index contributed by atoms with van der Waals surface area (Å²) in [5.41, 5.74) is 10.2. The van der Waals surface area contributed by atoms with Crippen molar-refractivity contribution in [3.05, 3.63) is 33.7 Å². The Hall–Kier alpha value is -0.860. The molecule has 0 saturated heterocycles. The van der Waals surface area contributed by atoms with E-state index < -0.39 is 0 Å². The molecule has 1 nitrogen and oxygen atoms in total. The van der Waals surface area contributed by atoms with Crippen LogP contribution in [0.5, 0.6) is 0 Å². The minimum absolute atomic E-state index is 0.698. The molecule has 1 fully saturated rings. The lowest BCUT2D eigenvalue weighted by Gasteiger charge is -2.02. The summed E-state index contributed by atoms with van der Waals surface area (Å²) < 4.78 is 1.45. The first-order valence-electron chi connectivity index (χ1n) is 5.93. The van der Waals surface area contributed by atoms with Crippen LogP contribution in [0, 0.1) is 13.8 Å². The smallest absolute Gasteiger partial charge is 0.0378 e. The summed E-state index contributed by atoms with van der Waals surface area (Å²) in [7, 11) is 0. The Labute approximate surface area is 100 Å². The molecule has 84 valence electrons. The number of benzene rings is 1. The molecule has 3 rings (SSSR count). The van der Waals surface area contributed by atoms with E-state index in [1.54, 1.807) is 5.56 Å². The molecular weight excluding hydrogens is 214 g/mol. The van der Waals surface area contributed by atoms with Crippen molar-refractivity contribution >= 4 is 21.4 Å². The number of nitrogens with two attached hydrogens (primary N) is 1. The largest absolute Gasteiger partial charge is 0.326 e. The van der Waals surface area contributed by atoms with Gasteiger partial charge in [0.1, 0.15) is 0 Å². The highest BCUT2D eigenvalue weighted by atomic mass is 32.1. The van der Waals surface area contributed by atoms with Gasteiger partial charge in [-0.2, -0.15) is 0 Å². The van der Waals surface area contributed by atoms with Gasteiger partial charge in [0.2, 0.25) is 0 Å². The van der Waals surface area contributed by atoms with E-state index in [9.17, 15) is 0 Å². The van der Waals surface area contributed by atoms with Crippen LogP contribution in [-0.4, -0.2) is 0 Å². The molecule has 0 unspecified atom stereocenters. The van der Waals surface area contributed by atoms with Gasteiger partial charge in [-0.3, -0.25) is 0 Å². The summed E-state index contributed by atoms with van der Waals surface area (Å²) in [5, 5.41) is 1.48. The van der Waals surface area contributed by atoms with E-state index in [1.165, 1.54) is 38.9 Å². The van der Waals surface area contributed by atoms with E-state index >= 15 is 0 Å². The van der Waals surface area contributed by atoms with Crippen molar-refractivity contribution in [1.29, 1.82) is 0 Å². The minimum Gasteiger partial charge on any atom is -0.326 e. The van der Waals surface area contributed by atoms with E-state index in [0.29, 0.717) is 6.54 Å². The zero-order valence-electron chi connectivity index (χ0n) is 9.84. The Kier molecular flexibility index (Phi) is 2.30. The van der Waals surface area contributed by atoms with Crippen molar-refractivity contribution in [2.45, 2.75) is 39.2 Å². The van der Waals surface area contributed by atoms with Gasteiger partial charge in [0.05, 0.1) is 0 Å². The van der Waals surface area contributed by atoms with Crippen LogP contribution in [-0.2, 0) is 6.54 Å². The van der Waals surface area contributed by atoms with Gasteiger partial charge in [0, 0.05) is 16.1 Å². The van der Waals surface area contributed by atoms with Crippen LogP contribution in [0.2, 0.25) is 0 Å². The third-order valence-electron chi connectivity index (χ3n) is 3.41. The summed E-state index contributed by atoms with van der Waals surface area (Å²) in [6, 6.07) is 4.61. The molecule has 1 aromatic carbocycles. The van der Waals surface area contributed by atoms with E-state index in [2.05, 4.69) is 26.0 Å². The molecule has 0 amide bonds. The maximum atomic E-state index is 5.88. The molecule has 1 aromatic heterocycles. The second kappa shape index (κ2) is 3.57. The molecular formula is C14H17NS. The van der Waals surface area contributed by atoms with Gasteiger partial charge in [0.15, 0.2) is 0 Å². The van der Waals surface area contributed by atoms with Crippen molar-refractivity contribution in [1.82, 2.24) is 0 Å². The van der Waals surface area contributed by atoms with Gasteiger partial charge in [-0.15, -0.1) is 11.3 Å². The molecule has 1 aliphatic carbocycles. The number of hydrogen-bond acceptors (Lipinski definition) is 2. The molecule has 16 heavy (non-hydrogen) atoms. The highest BCUT2D eigenvalue weighted by Gasteiger charge is 2.29. The molecule has 1 saturated carbocycles. The molecule has 0 radical (unpaired) electrons. The summed E-state index contributed by atoms with van der Waals surface area (Å²) in [5.74, 6) is 0.800. The van der Waals surface area contributed by atoms with Gasteiger partial charge >= 0.3 is 0 Å². The number of fused-ring (bicyclic) bond motifs is 1. The molecule has 1 heterocycles. The monoisotopic (exact) mass is 231 g/mol. The molecule has 0 bridgehead atoms. The molecule has 0 atom stereocenters. The second-order valence-corrected chi connectivity index (χ2v) is 5.98. The van der Waals surface area contributed by atoms with Crippen LogP contribution < -0.4 is 5.73 Å². The Morgan fingerprint density at radius 2 is 2.06 bits per heavy atom. The first kappa shape index (κ1) is 10.3. The predicted molar refractivity (Wildman–Crippen MR) is 71.2 cm³/mol. The molecule has 1 aliphatic rings. The number of rotatable bonds is 2. The van der Waals surface area contributed by atoms with Gasteiger partial charge in [-0.05, 0) is 49.1 Å². The molecule has 0 spiro atoms. The Bertz CT molecular complexity index is 549. The van der Waals surface area contributed by atoms with Gasteiger partial charge < -0.3 is 5.73 Å². The van der Waals surface area contributed by atoms with Crippen molar-refractivity contribution in [3.8, 4) is 0 Å². The maximum Gasteiger partial charge on any atom is 0.0378 e. The fraction of sp³-hybridized carbons (Fsp3) is 0.429. The first-order chi connectivity index (χ1) is 7.70. The van der Waals surface area contributed by atoms with Crippen LogP contribution in [0.4, 0.5) is 0 Å². The molecule has 2 heteroatoms. The summed E-state index contributed by atoms with van der Waals surface area (Å²) >= 11 is 1.90. The van der Waals surface area contributed by atoms with E-state index in [1.807, 2.05) is 11.3 Å². The van der Waals surface area contributed by atoms with Crippen LogP contribution in [0.15, 0.2) is 12.1 Å². The number of thiophene rings is 1. The van der Waals surface area contributed by atoms with Crippen LogP contribution in [0.3, 0.4) is 0 Å². The second-order valence-electron chi connectivity index (χ2n) is 4.88.